The van der Waals surface area contributed by atoms with Crippen LogP contribution in [-0.2, 0) is 6.42 Å². The van der Waals surface area contributed by atoms with E-state index in [1.807, 2.05) is 12.1 Å². The third-order valence-corrected chi connectivity index (χ3v) is 3.70. The van der Waals surface area contributed by atoms with Gasteiger partial charge in [-0.2, -0.15) is 0 Å². The number of carbonyl (C=O) groups is 1. The van der Waals surface area contributed by atoms with E-state index in [1.54, 1.807) is 13.1 Å². The standard InChI is InChI=1S/C15H23N3O2.BrH/c1-16-15(20)17-13-11-12(5-6-14(13)19)7-10-18-8-3-2-4-9-18;/h5-6,11,19H,2-4,7-10H2,1H3,(H2,16,17,20);1H. The molecule has 0 radical (unpaired) electrons. The van der Waals surface area contributed by atoms with Gasteiger partial charge in [0.2, 0.25) is 0 Å². The smallest absolute Gasteiger partial charge is 0.319 e. The minimum Gasteiger partial charge on any atom is -0.506 e. The molecule has 0 aromatic heterocycles. The molecule has 1 aromatic rings. The van der Waals surface area contributed by atoms with Gasteiger partial charge in [0.15, 0.2) is 0 Å². The lowest BCUT2D eigenvalue weighted by molar-refractivity contribution is 0.231. The molecule has 0 unspecified atom stereocenters. The van der Waals surface area contributed by atoms with Gasteiger partial charge in [0.1, 0.15) is 5.75 Å². The molecule has 1 aromatic carbocycles. The Bertz CT molecular complexity index is 462. The van der Waals surface area contributed by atoms with Crippen molar-refractivity contribution in [3.05, 3.63) is 23.8 Å². The maximum absolute atomic E-state index is 11.3. The van der Waals surface area contributed by atoms with Gasteiger partial charge < -0.3 is 20.6 Å². The van der Waals surface area contributed by atoms with Crippen LogP contribution in [0.2, 0.25) is 0 Å². The Morgan fingerprint density at radius 3 is 2.67 bits per heavy atom. The molecule has 1 fully saturated rings. The Morgan fingerprint density at radius 2 is 2.00 bits per heavy atom. The zero-order valence-electron chi connectivity index (χ0n) is 12.4. The Kier molecular flexibility index (Phi) is 7.53. The zero-order valence-corrected chi connectivity index (χ0v) is 14.1. The van der Waals surface area contributed by atoms with Crippen molar-refractivity contribution in [3.63, 3.8) is 0 Å². The van der Waals surface area contributed by atoms with Gasteiger partial charge >= 0.3 is 6.03 Å². The molecule has 2 amide bonds. The molecule has 1 aliphatic rings. The summed E-state index contributed by atoms with van der Waals surface area (Å²) in [5.41, 5.74) is 1.58. The van der Waals surface area contributed by atoms with E-state index in [0.29, 0.717) is 5.69 Å². The number of phenols is 1. The van der Waals surface area contributed by atoms with Crippen molar-refractivity contribution in [1.82, 2.24) is 10.2 Å². The SMILES string of the molecule is Br.CNC(=O)Nc1cc(CCN2CCCCC2)ccc1O. The van der Waals surface area contributed by atoms with E-state index in [-0.39, 0.29) is 28.8 Å². The minimum atomic E-state index is -0.325. The summed E-state index contributed by atoms with van der Waals surface area (Å²) in [7, 11) is 1.55. The van der Waals surface area contributed by atoms with E-state index in [9.17, 15) is 9.90 Å². The first-order valence-corrected chi connectivity index (χ1v) is 7.22. The first-order valence-electron chi connectivity index (χ1n) is 7.22. The van der Waals surface area contributed by atoms with Crippen molar-refractivity contribution in [2.75, 3.05) is 32.0 Å². The largest absolute Gasteiger partial charge is 0.506 e. The maximum atomic E-state index is 11.3. The van der Waals surface area contributed by atoms with E-state index in [0.717, 1.165) is 18.5 Å². The third-order valence-electron chi connectivity index (χ3n) is 3.70. The second-order valence-corrected chi connectivity index (χ2v) is 5.21. The summed E-state index contributed by atoms with van der Waals surface area (Å²) in [5.74, 6) is 0.0929. The zero-order chi connectivity index (χ0) is 14.4. The molecule has 1 heterocycles. The molecular weight excluding hydrogens is 334 g/mol. The molecular formula is C15H24BrN3O2. The lowest BCUT2D eigenvalue weighted by atomic mass is 10.1. The van der Waals surface area contributed by atoms with Gasteiger partial charge in [-0.15, -0.1) is 17.0 Å². The number of halogens is 1. The highest BCUT2D eigenvalue weighted by Gasteiger charge is 2.11. The molecule has 0 atom stereocenters. The lowest BCUT2D eigenvalue weighted by Crippen LogP contribution is -2.31. The van der Waals surface area contributed by atoms with E-state index in [4.69, 9.17) is 0 Å². The number of nitrogens with zero attached hydrogens (tertiary/aromatic N) is 1. The molecule has 21 heavy (non-hydrogen) atoms. The fourth-order valence-corrected chi connectivity index (χ4v) is 2.49. The highest BCUT2D eigenvalue weighted by molar-refractivity contribution is 8.93. The second kappa shape index (κ2) is 8.89. The molecule has 0 aliphatic carbocycles. The van der Waals surface area contributed by atoms with Gasteiger partial charge in [0, 0.05) is 13.6 Å². The van der Waals surface area contributed by atoms with Crippen LogP contribution < -0.4 is 10.6 Å². The van der Waals surface area contributed by atoms with Crippen LogP contribution in [0.1, 0.15) is 24.8 Å². The average molecular weight is 358 g/mol. The Hall–Kier alpha value is -1.27. The Morgan fingerprint density at radius 1 is 1.29 bits per heavy atom. The maximum Gasteiger partial charge on any atom is 0.319 e. The Labute approximate surface area is 136 Å². The topological polar surface area (TPSA) is 64.6 Å². The number of anilines is 1. The van der Waals surface area contributed by atoms with Crippen LogP contribution >= 0.6 is 17.0 Å². The van der Waals surface area contributed by atoms with Crippen LogP contribution in [0, 0.1) is 0 Å². The summed E-state index contributed by atoms with van der Waals surface area (Å²) in [6.07, 6.45) is 4.86. The van der Waals surface area contributed by atoms with Crippen LogP contribution in [0.25, 0.3) is 0 Å². The first-order chi connectivity index (χ1) is 9.69. The molecule has 2 rings (SSSR count). The van der Waals surface area contributed by atoms with Crippen LogP contribution in [0.4, 0.5) is 10.5 Å². The molecule has 6 heteroatoms. The van der Waals surface area contributed by atoms with Crippen LogP contribution in [0.3, 0.4) is 0 Å². The van der Waals surface area contributed by atoms with Gasteiger partial charge in [-0.1, -0.05) is 12.5 Å². The van der Waals surface area contributed by atoms with Gasteiger partial charge in [-0.25, -0.2) is 4.79 Å². The molecule has 0 saturated carbocycles. The summed E-state index contributed by atoms with van der Waals surface area (Å²) < 4.78 is 0. The Balaban J connectivity index is 0.00000220. The molecule has 1 saturated heterocycles. The molecule has 1 aliphatic heterocycles. The average Bonchev–Trinajstić information content (AvgIpc) is 2.49. The molecule has 118 valence electrons. The number of carbonyl (C=O) groups excluding carboxylic acids is 1. The van der Waals surface area contributed by atoms with Crippen molar-refractivity contribution in [1.29, 1.82) is 0 Å². The van der Waals surface area contributed by atoms with Crippen molar-refractivity contribution in [3.8, 4) is 5.75 Å². The predicted octanol–water partition coefficient (Wildman–Crippen LogP) is 2.75. The summed E-state index contributed by atoms with van der Waals surface area (Å²) in [4.78, 5) is 13.8. The highest BCUT2D eigenvalue weighted by atomic mass is 79.9. The molecule has 5 nitrogen and oxygen atoms in total. The van der Waals surface area contributed by atoms with Gasteiger partial charge in [0.05, 0.1) is 5.69 Å². The summed E-state index contributed by atoms with van der Waals surface area (Å²) in [6.45, 7) is 3.40. The molecule has 0 spiro atoms. The van der Waals surface area contributed by atoms with Crippen LogP contribution in [0.15, 0.2) is 18.2 Å². The summed E-state index contributed by atoms with van der Waals surface area (Å²) in [5, 5.41) is 14.8. The van der Waals surface area contributed by atoms with Gasteiger partial charge in [-0.05, 0) is 50.0 Å². The van der Waals surface area contributed by atoms with Crippen molar-refractivity contribution >= 4 is 28.7 Å². The van der Waals surface area contributed by atoms with Gasteiger partial charge in [-0.3, -0.25) is 0 Å². The van der Waals surface area contributed by atoms with E-state index in [1.165, 1.54) is 32.4 Å². The molecule has 0 bridgehead atoms. The van der Waals surface area contributed by atoms with E-state index >= 15 is 0 Å². The number of amides is 2. The number of phenolic OH excluding ortho intramolecular Hbond substituents is 1. The van der Waals surface area contributed by atoms with Crippen LogP contribution in [-0.4, -0.2) is 42.7 Å². The fraction of sp³-hybridized carbons (Fsp3) is 0.533. The summed E-state index contributed by atoms with van der Waals surface area (Å²) >= 11 is 0. The van der Waals surface area contributed by atoms with Crippen molar-refractivity contribution in [2.45, 2.75) is 25.7 Å². The van der Waals surface area contributed by atoms with Crippen molar-refractivity contribution < 1.29 is 9.90 Å². The number of hydrogen-bond donors (Lipinski definition) is 3. The predicted molar refractivity (Wildman–Crippen MR) is 90.5 cm³/mol. The lowest BCUT2D eigenvalue weighted by Gasteiger charge is -2.26. The quantitative estimate of drug-likeness (QED) is 0.726. The number of likely N-dealkylation sites (tertiary alicyclic amines) is 1. The normalized spacial score (nSPS) is 15.1. The number of piperidine rings is 1. The van der Waals surface area contributed by atoms with Crippen molar-refractivity contribution in [2.24, 2.45) is 0 Å². The second-order valence-electron chi connectivity index (χ2n) is 5.21. The number of benzene rings is 1. The number of aromatic hydroxyl groups is 1. The monoisotopic (exact) mass is 357 g/mol. The number of nitrogens with one attached hydrogen (secondary N) is 2. The van der Waals surface area contributed by atoms with E-state index < -0.39 is 0 Å². The fourth-order valence-electron chi connectivity index (χ4n) is 2.49. The highest BCUT2D eigenvalue weighted by Crippen LogP contribution is 2.24. The first kappa shape index (κ1) is 17.8. The summed E-state index contributed by atoms with van der Waals surface area (Å²) in [6, 6.07) is 5.06. The number of urea groups is 1. The van der Waals surface area contributed by atoms with E-state index in [2.05, 4.69) is 15.5 Å². The van der Waals surface area contributed by atoms with Gasteiger partial charge in [0.25, 0.3) is 0 Å². The van der Waals surface area contributed by atoms with Crippen LogP contribution in [0.5, 0.6) is 5.75 Å². The number of hydrogen-bond acceptors (Lipinski definition) is 3. The molecule has 3 N–H and O–H groups in total. The third kappa shape index (κ3) is 5.55. The number of rotatable bonds is 4. The minimum absolute atomic E-state index is 0.